The molecular formula is C27H26FN5O6S. The molecule has 0 aliphatic carbocycles. The summed E-state index contributed by atoms with van der Waals surface area (Å²) in [6.07, 6.45) is 0.587. The molecule has 0 spiro atoms. The van der Waals surface area contributed by atoms with Gasteiger partial charge in [0.05, 0.1) is 18.0 Å². The number of rotatable bonds is 7. The summed E-state index contributed by atoms with van der Waals surface area (Å²) in [5, 5.41) is 9.84. The van der Waals surface area contributed by atoms with Crippen LogP contribution in [0.2, 0.25) is 0 Å². The Kier molecular flexibility index (Phi) is 7.00. The topological polar surface area (TPSA) is 134 Å². The second kappa shape index (κ2) is 10.3. The zero-order valence-electron chi connectivity index (χ0n) is 21.9. The number of amides is 4. The van der Waals surface area contributed by atoms with Crippen molar-refractivity contribution in [1.82, 2.24) is 20.7 Å². The predicted molar refractivity (Wildman–Crippen MR) is 145 cm³/mol. The Bertz CT molecular complexity index is 1570. The zero-order valence-corrected chi connectivity index (χ0v) is 22.8. The van der Waals surface area contributed by atoms with E-state index in [0.717, 1.165) is 0 Å². The second-order valence-corrected chi connectivity index (χ2v) is 10.4. The number of thiocarbonyl (C=S) groups is 1. The van der Waals surface area contributed by atoms with Crippen LogP contribution in [0.1, 0.15) is 48.7 Å². The lowest BCUT2D eigenvalue weighted by atomic mass is 9.93. The van der Waals surface area contributed by atoms with Crippen molar-refractivity contribution < 1.29 is 32.8 Å². The average molecular weight is 568 g/mol. The van der Waals surface area contributed by atoms with Gasteiger partial charge in [-0.05, 0) is 62.8 Å². The molecule has 0 bridgehead atoms. The van der Waals surface area contributed by atoms with E-state index in [1.54, 1.807) is 50.1 Å². The molecule has 0 saturated carbocycles. The maximum Gasteiger partial charge on any atom is 0.254 e. The standard InChI is InChI=1S/C27H26FN5O6S/c1-27(2)25(37)32(3)26(40)33(27)14-4-6-16(19(28)12-14)23(35)29-10-11-38-15-5-7-17-20(13-15)39-31-22(17)18-8-9-21(34)30-24(18)36/h4-7,12-13,18H,8-11H2,1-3H3,(H,29,35)(H,30,34,36). The molecule has 1 aromatic heterocycles. The minimum Gasteiger partial charge on any atom is -0.492 e. The summed E-state index contributed by atoms with van der Waals surface area (Å²) in [6, 6.07) is 9.09. The predicted octanol–water partition coefficient (Wildman–Crippen LogP) is 2.64. The van der Waals surface area contributed by atoms with E-state index in [2.05, 4.69) is 15.8 Å². The van der Waals surface area contributed by atoms with Crippen molar-refractivity contribution in [3.63, 3.8) is 0 Å². The summed E-state index contributed by atoms with van der Waals surface area (Å²) in [5.41, 5.74) is 0.0993. The fraction of sp³-hybridized carbons (Fsp3) is 0.333. The maximum atomic E-state index is 14.9. The Morgan fingerprint density at radius 2 is 2.02 bits per heavy atom. The van der Waals surface area contributed by atoms with Gasteiger partial charge in [0.15, 0.2) is 10.7 Å². The lowest BCUT2D eigenvalue weighted by Gasteiger charge is -2.29. The van der Waals surface area contributed by atoms with Gasteiger partial charge in [-0.1, -0.05) is 5.16 Å². The lowest BCUT2D eigenvalue weighted by Crippen LogP contribution is -2.44. The van der Waals surface area contributed by atoms with Crippen molar-refractivity contribution in [2.45, 2.75) is 38.1 Å². The van der Waals surface area contributed by atoms with Crippen LogP contribution in [0.4, 0.5) is 10.1 Å². The summed E-state index contributed by atoms with van der Waals surface area (Å²) in [6.45, 7) is 3.58. The molecule has 11 nitrogen and oxygen atoms in total. The van der Waals surface area contributed by atoms with E-state index < -0.39 is 29.1 Å². The van der Waals surface area contributed by atoms with Gasteiger partial charge in [0, 0.05) is 30.6 Å². The highest BCUT2D eigenvalue weighted by molar-refractivity contribution is 7.80. The second-order valence-electron chi connectivity index (χ2n) is 10.0. The van der Waals surface area contributed by atoms with Crippen molar-refractivity contribution >= 4 is 57.6 Å². The van der Waals surface area contributed by atoms with Gasteiger partial charge >= 0.3 is 0 Å². The third kappa shape index (κ3) is 4.76. The number of hydrogen-bond acceptors (Lipinski definition) is 8. The first-order chi connectivity index (χ1) is 19.0. The minimum atomic E-state index is -0.985. The molecule has 0 radical (unpaired) electrons. The third-order valence-corrected chi connectivity index (χ3v) is 7.47. The molecule has 2 aliphatic heterocycles. The molecule has 4 amide bonds. The van der Waals surface area contributed by atoms with Crippen molar-refractivity contribution in [3.8, 4) is 5.75 Å². The van der Waals surface area contributed by atoms with E-state index in [0.29, 0.717) is 34.5 Å². The molecule has 208 valence electrons. The number of nitrogens with zero attached hydrogens (tertiary/aromatic N) is 3. The van der Waals surface area contributed by atoms with Gasteiger partial charge in [0.25, 0.3) is 11.8 Å². The van der Waals surface area contributed by atoms with Gasteiger partial charge in [0.2, 0.25) is 11.8 Å². The number of hydrogen-bond donors (Lipinski definition) is 2. The largest absolute Gasteiger partial charge is 0.492 e. The van der Waals surface area contributed by atoms with Crippen molar-refractivity contribution in [2.24, 2.45) is 0 Å². The molecule has 5 rings (SSSR count). The van der Waals surface area contributed by atoms with Gasteiger partial charge in [-0.2, -0.15) is 0 Å². The van der Waals surface area contributed by atoms with Gasteiger partial charge in [0.1, 0.15) is 29.4 Å². The quantitative estimate of drug-likeness (QED) is 0.251. The number of benzene rings is 2. The van der Waals surface area contributed by atoms with Crippen molar-refractivity contribution in [1.29, 1.82) is 0 Å². The maximum absolute atomic E-state index is 14.9. The van der Waals surface area contributed by atoms with E-state index in [4.69, 9.17) is 21.5 Å². The first kappa shape index (κ1) is 27.2. The van der Waals surface area contributed by atoms with Crippen molar-refractivity contribution in [2.75, 3.05) is 25.1 Å². The number of carbonyl (C=O) groups is 4. The monoisotopic (exact) mass is 567 g/mol. The van der Waals surface area contributed by atoms with E-state index in [1.807, 2.05) is 0 Å². The molecule has 1 unspecified atom stereocenters. The van der Waals surface area contributed by atoms with Gasteiger partial charge < -0.3 is 19.5 Å². The fourth-order valence-electron chi connectivity index (χ4n) is 4.90. The van der Waals surface area contributed by atoms with Crippen LogP contribution >= 0.6 is 12.2 Å². The number of imide groups is 1. The Balaban J connectivity index is 1.18. The highest BCUT2D eigenvalue weighted by Gasteiger charge is 2.48. The van der Waals surface area contributed by atoms with Gasteiger partial charge in [-0.3, -0.25) is 29.4 Å². The number of likely N-dealkylation sites (N-methyl/N-ethyl adjacent to an activating group) is 1. The van der Waals surface area contributed by atoms with Crippen LogP contribution in [-0.2, 0) is 14.4 Å². The summed E-state index contributed by atoms with van der Waals surface area (Å²) in [7, 11) is 1.56. The van der Waals surface area contributed by atoms with Crippen LogP contribution < -0.4 is 20.3 Å². The third-order valence-electron chi connectivity index (χ3n) is 7.02. The van der Waals surface area contributed by atoms with Crippen LogP contribution in [0.15, 0.2) is 40.9 Å². The van der Waals surface area contributed by atoms with E-state index in [-0.39, 0.29) is 42.1 Å². The smallest absolute Gasteiger partial charge is 0.254 e. The number of carbonyl (C=O) groups excluding carboxylic acids is 4. The number of aromatic nitrogens is 1. The number of anilines is 1. The number of ether oxygens (including phenoxy) is 1. The molecule has 2 aromatic carbocycles. The summed E-state index contributed by atoms with van der Waals surface area (Å²) in [4.78, 5) is 51.6. The Hall–Kier alpha value is -4.39. The number of piperidine rings is 1. The van der Waals surface area contributed by atoms with Crippen molar-refractivity contribution in [3.05, 3.63) is 53.5 Å². The van der Waals surface area contributed by atoms with E-state index in [1.165, 1.54) is 17.0 Å². The molecule has 3 aromatic rings. The SMILES string of the molecule is CN1C(=O)C(C)(C)N(c2ccc(C(=O)NCCOc3ccc4c(C5CCC(=O)NC5=O)noc4c3)c(F)c2)C1=S. The average Bonchev–Trinajstić information content (AvgIpc) is 3.38. The van der Waals surface area contributed by atoms with Crippen LogP contribution in [-0.4, -0.2) is 64.5 Å². The first-order valence-corrected chi connectivity index (χ1v) is 13.0. The van der Waals surface area contributed by atoms with E-state index >= 15 is 0 Å². The molecule has 2 aliphatic rings. The highest BCUT2D eigenvalue weighted by atomic mass is 32.1. The Labute approximate surface area is 233 Å². The zero-order chi connectivity index (χ0) is 28.8. The van der Waals surface area contributed by atoms with Gasteiger partial charge in [-0.25, -0.2) is 4.39 Å². The first-order valence-electron chi connectivity index (χ1n) is 12.5. The molecule has 1 atom stereocenters. The van der Waals surface area contributed by atoms with Crippen LogP contribution in [0.3, 0.4) is 0 Å². The van der Waals surface area contributed by atoms with Crippen LogP contribution in [0, 0.1) is 5.82 Å². The molecule has 3 heterocycles. The summed E-state index contributed by atoms with van der Waals surface area (Å²) < 4.78 is 26.0. The van der Waals surface area contributed by atoms with Gasteiger partial charge in [-0.15, -0.1) is 0 Å². The summed E-state index contributed by atoms with van der Waals surface area (Å²) >= 11 is 5.35. The molecule has 2 N–H and O–H groups in total. The van der Waals surface area contributed by atoms with Crippen LogP contribution in [0.25, 0.3) is 11.0 Å². The Morgan fingerprint density at radius 3 is 2.70 bits per heavy atom. The number of fused-ring (bicyclic) bond motifs is 1. The van der Waals surface area contributed by atoms with E-state index in [9.17, 15) is 23.6 Å². The minimum absolute atomic E-state index is 0.0930. The molecule has 2 fully saturated rings. The number of halogens is 1. The summed E-state index contributed by atoms with van der Waals surface area (Å²) in [5.74, 6) is -2.41. The molecular weight excluding hydrogens is 541 g/mol. The van der Waals surface area contributed by atoms with Crippen LogP contribution in [0.5, 0.6) is 5.75 Å². The fourth-order valence-corrected chi connectivity index (χ4v) is 5.32. The molecule has 2 saturated heterocycles. The lowest BCUT2D eigenvalue weighted by molar-refractivity contribution is -0.134. The highest BCUT2D eigenvalue weighted by Crippen LogP contribution is 2.34. The normalized spacial score (nSPS) is 18.9. The molecule has 13 heteroatoms. The molecule has 40 heavy (non-hydrogen) atoms. The Morgan fingerprint density at radius 1 is 1.25 bits per heavy atom. The number of nitrogens with one attached hydrogen (secondary N) is 2.